The maximum Gasteiger partial charge on any atom is 0.251 e. The van der Waals surface area contributed by atoms with Gasteiger partial charge in [-0.1, -0.05) is 18.2 Å². The first kappa shape index (κ1) is 16.9. The summed E-state index contributed by atoms with van der Waals surface area (Å²) in [6, 6.07) is 13.6. The molecule has 142 valence electrons. The predicted molar refractivity (Wildman–Crippen MR) is 104 cm³/mol. The first-order valence-corrected chi connectivity index (χ1v) is 9.15. The average Bonchev–Trinajstić information content (AvgIpc) is 3.21. The van der Waals surface area contributed by atoms with Crippen LogP contribution in [0, 0.1) is 0 Å². The topological polar surface area (TPSA) is 66.0 Å². The third-order valence-corrected chi connectivity index (χ3v) is 5.14. The highest BCUT2D eigenvalue weighted by molar-refractivity contribution is 6.10. The summed E-state index contributed by atoms with van der Waals surface area (Å²) in [5, 5.41) is 4.87. The number of carbonyl (C=O) groups is 1. The molecule has 3 aromatic rings. The van der Waals surface area contributed by atoms with Gasteiger partial charge < -0.3 is 24.3 Å². The van der Waals surface area contributed by atoms with E-state index in [4.69, 9.17) is 18.9 Å². The number of methoxy groups -OCH3 is 1. The van der Waals surface area contributed by atoms with Gasteiger partial charge in [0.2, 0.25) is 6.79 Å². The third-order valence-electron chi connectivity index (χ3n) is 5.14. The fourth-order valence-electron chi connectivity index (χ4n) is 3.92. The molecule has 2 aliphatic heterocycles. The number of rotatable bonds is 4. The highest BCUT2D eigenvalue weighted by Gasteiger charge is 2.27. The molecule has 0 fully saturated rings. The van der Waals surface area contributed by atoms with Crippen molar-refractivity contribution < 1.29 is 23.7 Å². The van der Waals surface area contributed by atoms with E-state index >= 15 is 0 Å². The zero-order valence-corrected chi connectivity index (χ0v) is 15.4. The highest BCUT2D eigenvalue weighted by atomic mass is 16.7. The van der Waals surface area contributed by atoms with E-state index in [1.165, 1.54) is 0 Å². The van der Waals surface area contributed by atoms with Gasteiger partial charge in [-0.2, -0.15) is 0 Å². The van der Waals surface area contributed by atoms with Crippen LogP contribution in [0.2, 0.25) is 0 Å². The van der Waals surface area contributed by atoms with Gasteiger partial charge in [0.25, 0.3) is 5.91 Å². The summed E-state index contributed by atoms with van der Waals surface area (Å²) in [7, 11) is 1.59. The fraction of sp³-hybridized carbons (Fsp3) is 0.227. The first-order valence-electron chi connectivity index (χ1n) is 9.15. The van der Waals surface area contributed by atoms with Crippen LogP contribution in [-0.4, -0.2) is 33.1 Å². The van der Waals surface area contributed by atoms with E-state index in [-0.39, 0.29) is 19.5 Å². The summed E-state index contributed by atoms with van der Waals surface area (Å²) in [6.45, 7) is 1.02. The Labute approximate surface area is 162 Å². The summed E-state index contributed by atoms with van der Waals surface area (Å²) in [6.07, 6.45) is 0.763. The van der Waals surface area contributed by atoms with E-state index in [1.54, 1.807) is 7.11 Å². The molecular formula is C22H19NO5. The molecular weight excluding hydrogens is 358 g/mol. The third kappa shape index (κ3) is 2.65. The van der Waals surface area contributed by atoms with Crippen molar-refractivity contribution in [3.63, 3.8) is 0 Å². The van der Waals surface area contributed by atoms with Crippen molar-refractivity contribution >= 4 is 16.7 Å². The SMILES string of the molecule is COCOc1ccc(-c2c3c(cc4ccc5c(c24)OCO5)C(=O)NCC3)cc1. The molecule has 0 unspecified atom stereocenters. The second-order valence-corrected chi connectivity index (χ2v) is 6.76. The van der Waals surface area contributed by atoms with E-state index in [2.05, 4.69) is 5.32 Å². The van der Waals surface area contributed by atoms with Gasteiger partial charge >= 0.3 is 0 Å². The largest absolute Gasteiger partial charge is 0.468 e. The Morgan fingerprint density at radius 2 is 1.96 bits per heavy atom. The van der Waals surface area contributed by atoms with E-state index in [0.29, 0.717) is 12.1 Å². The van der Waals surface area contributed by atoms with Gasteiger partial charge in [-0.25, -0.2) is 0 Å². The summed E-state index contributed by atoms with van der Waals surface area (Å²) in [5.74, 6) is 2.15. The minimum Gasteiger partial charge on any atom is -0.468 e. The Bertz CT molecular complexity index is 1070. The zero-order valence-electron chi connectivity index (χ0n) is 15.4. The van der Waals surface area contributed by atoms with Crippen LogP contribution in [-0.2, 0) is 11.2 Å². The highest BCUT2D eigenvalue weighted by Crippen LogP contribution is 2.46. The standard InChI is InChI=1S/C22H19NO5/c1-25-11-26-15-5-2-13(3-6-15)19-16-8-9-23-22(24)17(16)10-14-4-7-18-21(20(14)19)28-12-27-18/h2-7,10H,8-9,11-12H2,1H3,(H,23,24). The molecule has 1 amide bonds. The number of hydrogen-bond donors (Lipinski definition) is 1. The number of amides is 1. The van der Waals surface area contributed by atoms with Crippen LogP contribution >= 0.6 is 0 Å². The molecule has 6 nitrogen and oxygen atoms in total. The molecule has 0 aromatic heterocycles. The fourth-order valence-corrected chi connectivity index (χ4v) is 3.92. The van der Waals surface area contributed by atoms with E-state index in [1.807, 2.05) is 42.5 Å². The molecule has 28 heavy (non-hydrogen) atoms. The number of carbonyl (C=O) groups excluding carboxylic acids is 1. The summed E-state index contributed by atoms with van der Waals surface area (Å²) < 4.78 is 21.9. The summed E-state index contributed by atoms with van der Waals surface area (Å²) in [5.41, 5.74) is 3.77. The Hall–Kier alpha value is -3.25. The van der Waals surface area contributed by atoms with Crippen LogP contribution in [0.1, 0.15) is 15.9 Å². The molecule has 3 aromatic carbocycles. The molecule has 2 heterocycles. The Morgan fingerprint density at radius 3 is 2.79 bits per heavy atom. The lowest BCUT2D eigenvalue weighted by molar-refractivity contribution is 0.0511. The molecule has 0 saturated carbocycles. The van der Waals surface area contributed by atoms with Crippen molar-refractivity contribution in [1.29, 1.82) is 0 Å². The maximum absolute atomic E-state index is 12.5. The van der Waals surface area contributed by atoms with Crippen LogP contribution in [0.15, 0.2) is 42.5 Å². The lowest BCUT2D eigenvalue weighted by Gasteiger charge is -2.23. The molecule has 2 aliphatic rings. The second kappa shape index (κ2) is 6.73. The molecule has 0 spiro atoms. The van der Waals surface area contributed by atoms with Gasteiger partial charge in [0.05, 0.1) is 0 Å². The molecule has 1 N–H and O–H groups in total. The Kier molecular flexibility index (Phi) is 4.06. The molecule has 0 radical (unpaired) electrons. The van der Waals surface area contributed by atoms with Crippen LogP contribution in [0.5, 0.6) is 17.2 Å². The minimum atomic E-state index is -0.0397. The number of ether oxygens (including phenoxy) is 4. The van der Waals surface area contributed by atoms with Gasteiger partial charge in [-0.3, -0.25) is 4.79 Å². The summed E-state index contributed by atoms with van der Waals surface area (Å²) in [4.78, 5) is 12.5. The van der Waals surface area contributed by atoms with Crippen molar-refractivity contribution in [1.82, 2.24) is 5.32 Å². The Morgan fingerprint density at radius 1 is 1.11 bits per heavy atom. The smallest absolute Gasteiger partial charge is 0.251 e. The number of hydrogen-bond acceptors (Lipinski definition) is 5. The molecule has 0 bridgehead atoms. The quantitative estimate of drug-likeness (QED) is 0.705. The van der Waals surface area contributed by atoms with E-state index in [9.17, 15) is 4.79 Å². The van der Waals surface area contributed by atoms with Crippen LogP contribution in [0.25, 0.3) is 21.9 Å². The maximum atomic E-state index is 12.5. The Balaban J connectivity index is 1.76. The van der Waals surface area contributed by atoms with Crippen molar-refractivity contribution in [2.75, 3.05) is 27.2 Å². The van der Waals surface area contributed by atoms with Gasteiger partial charge in [0.1, 0.15) is 5.75 Å². The normalized spacial score (nSPS) is 14.7. The molecule has 5 rings (SSSR count). The number of nitrogens with one attached hydrogen (secondary N) is 1. The van der Waals surface area contributed by atoms with Gasteiger partial charge in [-0.15, -0.1) is 0 Å². The monoisotopic (exact) mass is 377 g/mol. The van der Waals surface area contributed by atoms with Gasteiger partial charge in [0.15, 0.2) is 18.3 Å². The van der Waals surface area contributed by atoms with Gasteiger partial charge in [0, 0.05) is 24.6 Å². The second-order valence-electron chi connectivity index (χ2n) is 6.76. The zero-order chi connectivity index (χ0) is 19.1. The van der Waals surface area contributed by atoms with Crippen molar-refractivity contribution in [2.24, 2.45) is 0 Å². The van der Waals surface area contributed by atoms with Crippen molar-refractivity contribution in [3.8, 4) is 28.4 Å². The van der Waals surface area contributed by atoms with E-state index in [0.717, 1.165) is 51.1 Å². The summed E-state index contributed by atoms with van der Waals surface area (Å²) >= 11 is 0. The van der Waals surface area contributed by atoms with E-state index < -0.39 is 0 Å². The molecule has 0 saturated heterocycles. The first-order chi connectivity index (χ1) is 13.8. The number of fused-ring (bicyclic) bond motifs is 4. The average molecular weight is 377 g/mol. The van der Waals surface area contributed by atoms with Crippen LogP contribution < -0.4 is 19.5 Å². The van der Waals surface area contributed by atoms with Gasteiger partial charge in [-0.05, 0) is 52.8 Å². The van der Waals surface area contributed by atoms with Crippen molar-refractivity contribution in [3.05, 3.63) is 53.6 Å². The lowest BCUT2D eigenvalue weighted by atomic mass is 9.86. The van der Waals surface area contributed by atoms with Crippen LogP contribution in [0.3, 0.4) is 0 Å². The molecule has 0 atom stereocenters. The minimum absolute atomic E-state index is 0.0397. The van der Waals surface area contributed by atoms with Crippen LogP contribution in [0.4, 0.5) is 0 Å². The lowest BCUT2D eigenvalue weighted by Crippen LogP contribution is -2.32. The number of benzene rings is 3. The predicted octanol–water partition coefficient (Wildman–Crippen LogP) is 3.50. The molecule has 0 aliphatic carbocycles. The van der Waals surface area contributed by atoms with Crippen molar-refractivity contribution in [2.45, 2.75) is 6.42 Å². The molecule has 6 heteroatoms.